The minimum absolute atomic E-state index is 0.139. The van der Waals surface area contributed by atoms with Crippen LogP contribution in [-0.4, -0.2) is 42.7 Å². The van der Waals surface area contributed by atoms with Crippen LogP contribution in [0.15, 0.2) is 59.5 Å². The van der Waals surface area contributed by atoms with Crippen molar-refractivity contribution >= 4 is 15.9 Å². The standard InChI is InChI=1S/C20H24N2O3S/c1-4-21(5-2)20(23)19-18(16-9-7-6-8-10-16)22(19)26(24,25)17-13-11-15(3)12-14-17/h6-14,18-19H,4-5H2,1-3H3. The lowest BCUT2D eigenvalue weighted by Crippen LogP contribution is -2.36. The molecule has 26 heavy (non-hydrogen) atoms. The number of likely N-dealkylation sites (N-methyl/N-ethyl adjacent to an activating group) is 1. The second-order valence-corrected chi connectivity index (χ2v) is 8.30. The molecule has 2 aromatic carbocycles. The van der Waals surface area contributed by atoms with Crippen molar-refractivity contribution in [1.82, 2.24) is 9.21 Å². The zero-order valence-corrected chi connectivity index (χ0v) is 16.1. The molecular weight excluding hydrogens is 348 g/mol. The van der Waals surface area contributed by atoms with Crippen molar-refractivity contribution in [3.05, 3.63) is 65.7 Å². The highest BCUT2D eigenvalue weighted by Crippen LogP contribution is 2.48. The van der Waals surface area contributed by atoms with Crippen molar-refractivity contribution < 1.29 is 13.2 Å². The quantitative estimate of drug-likeness (QED) is 0.733. The summed E-state index contributed by atoms with van der Waals surface area (Å²) in [5.41, 5.74) is 1.83. The number of nitrogens with zero attached hydrogens (tertiary/aromatic N) is 2. The van der Waals surface area contributed by atoms with Gasteiger partial charge in [-0.2, -0.15) is 4.31 Å². The van der Waals surface area contributed by atoms with Crippen LogP contribution in [0.2, 0.25) is 0 Å². The second-order valence-electron chi connectivity index (χ2n) is 6.46. The molecule has 0 spiro atoms. The first kappa shape index (κ1) is 18.6. The van der Waals surface area contributed by atoms with Crippen LogP contribution in [0.5, 0.6) is 0 Å². The lowest BCUT2D eigenvalue weighted by molar-refractivity contribution is -0.130. The van der Waals surface area contributed by atoms with E-state index in [1.54, 1.807) is 29.2 Å². The Morgan fingerprint density at radius 1 is 1.00 bits per heavy atom. The van der Waals surface area contributed by atoms with Crippen molar-refractivity contribution in [2.45, 2.75) is 37.8 Å². The number of rotatable bonds is 6. The van der Waals surface area contributed by atoms with E-state index in [1.165, 1.54) is 4.31 Å². The van der Waals surface area contributed by atoms with E-state index < -0.39 is 22.1 Å². The molecule has 1 heterocycles. The van der Waals surface area contributed by atoms with Gasteiger partial charge in [0.1, 0.15) is 6.04 Å². The average molecular weight is 372 g/mol. The summed E-state index contributed by atoms with van der Waals surface area (Å²) in [4.78, 5) is 14.8. The van der Waals surface area contributed by atoms with E-state index in [-0.39, 0.29) is 10.8 Å². The summed E-state index contributed by atoms with van der Waals surface area (Å²) >= 11 is 0. The van der Waals surface area contributed by atoms with Crippen LogP contribution in [0, 0.1) is 6.92 Å². The van der Waals surface area contributed by atoms with Crippen molar-refractivity contribution in [2.75, 3.05) is 13.1 Å². The van der Waals surface area contributed by atoms with Gasteiger partial charge in [-0.05, 0) is 38.5 Å². The topological polar surface area (TPSA) is 57.5 Å². The number of hydrogen-bond donors (Lipinski definition) is 0. The molecule has 1 aliphatic heterocycles. The molecule has 1 fully saturated rings. The van der Waals surface area contributed by atoms with Crippen LogP contribution in [0.25, 0.3) is 0 Å². The molecule has 3 unspecified atom stereocenters. The Morgan fingerprint density at radius 2 is 1.58 bits per heavy atom. The smallest absolute Gasteiger partial charge is 0.244 e. The summed E-state index contributed by atoms with van der Waals surface area (Å²) in [5, 5.41) is 0. The summed E-state index contributed by atoms with van der Waals surface area (Å²) in [7, 11) is -3.74. The highest BCUT2D eigenvalue weighted by molar-refractivity contribution is 7.89. The maximum atomic E-state index is 13.2. The largest absolute Gasteiger partial charge is 0.342 e. The highest BCUT2D eigenvalue weighted by atomic mass is 32.2. The summed E-state index contributed by atoms with van der Waals surface area (Å²) in [5.74, 6) is -0.139. The number of carbonyl (C=O) groups is 1. The third-order valence-corrected chi connectivity index (χ3v) is 6.70. The van der Waals surface area contributed by atoms with E-state index in [0.717, 1.165) is 11.1 Å². The average Bonchev–Trinajstić information content (AvgIpc) is 3.40. The Balaban J connectivity index is 1.99. The Kier molecular flexibility index (Phi) is 5.16. The van der Waals surface area contributed by atoms with Gasteiger partial charge in [-0.3, -0.25) is 4.79 Å². The normalized spacial score (nSPS) is 22.0. The third kappa shape index (κ3) is 3.27. The molecule has 138 valence electrons. The zero-order chi connectivity index (χ0) is 18.9. The molecular formula is C20H24N2O3S. The summed E-state index contributed by atoms with van der Waals surface area (Å²) in [6.45, 7) is 6.84. The minimum Gasteiger partial charge on any atom is -0.342 e. The highest BCUT2D eigenvalue weighted by Gasteiger charge is 2.60. The van der Waals surface area contributed by atoms with Crippen LogP contribution in [0.4, 0.5) is 0 Å². The monoisotopic (exact) mass is 372 g/mol. The van der Waals surface area contributed by atoms with Gasteiger partial charge >= 0.3 is 0 Å². The fourth-order valence-electron chi connectivity index (χ4n) is 3.29. The number of benzene rings is 2. The summed E-state index contributed by atoms with van der Waals surface area (Å²) < 4.78 is 27.7. The Hall–Kier alpha value is -2.18. The molecule has 5 nitrogen and oxygen atoms in total. The lowest BCUT2D eigenvalue weighted by Gasteiger charge is -2.18. The van der Waals surface area contributed by atoms with E-state index in [0.29, 0.717) is 13.1 Å². The fourth-order valence-corrected chi connectivity index (χ4v) is 5.00. The Labute approximate surface area is 155 Å². The molecule has 0 radical (unpaired) electrons. The van der Waals surface area contributed by atoms with Crippen LogP contribution >= 0.6 is 0 Å². The van der Waals surface area contributed by atoms with Gasteiger partial charge in [0.2, 0.25) is 15.9 Å². The predicted molar refractivity (Wildman–Crippen MR) is 101 cm³/mol. The molecule has 0 aliphatic carbocycles. The van der Waals surface area contributed by atoms with Gasteiger partial charge in [0.15, 0.2) is 0 Å². The number of aryl methyl sites for hydroxylation is 1. The van der Waals surface area contributed by atoms with E-state index in [9.17, 15) is 13.2 Å². The van der Waals surface area contributed by atoms with Crippen LogP contribution < -0.4 is 0 Å². The van der Waals surface area contributed by atoms with E-state index >= 15 is 0 Å². The first-order chi connectivity index (χ1) is 12.4. The van der Waals surface area contributed by atoms with Gasteiger partial charge in [-0.1, -0.05) is 48.0 Å². The van der Waals surface area contributed by atoms with Crippen molar-refractivity contribution in [3.8, 4) is 0 Å². The zero-order valence-electron chi connectivity index (χ0n) is 15.3. The van der Waals surface area contributed by atoms with Crippen LogP contribution in [-0.2, 0) is 14.8 Å². The first-order valence-electron chi connectivity index (χ1n) is 8.85. The predicted octanol–water partition coefficient (Wildman–Crippen LogP) is 2.98. The molecule has 3 atom stereocenters. The van der Waals surface area contributed by atoms with Crippen LogP contribution in [0.3, 0.4) is 0 Å². The molecule has 6 heteroatoms. The molecule has 0 aromatic heterocycles. The summed E-state index contributed by atoms with van der Waals surface area (Å²) in [6.07, 6.45) is 0. The molecule has 0 bridgehead atoms. The van der Waals surface area contributed by atoms with Gasteiger partial charge in [0, 0.05) is 13.1 Å². The number of sulfonamides is 1. The van der Waals surface area contributed by atoms with Crippen molar-refractivity contribution in [2.24, 2.45) is 0 Å². The SMILES string of the molecule is CCN(CC)C(=O)C1C(c2ccccc2)N1S(=O)(=O)c1ccc(C)cc1. The molecule has 3 rings (SSSR count). The third-order valence-electron chi connectivity index (χ3n) is 4.82. The Morgan fingerprint density at radius 3 is 2.12 bits per heavy atom. The molecule has 1 saturated heterocycles. The maximum Gasteiger partial charge on any atom is 0.244 e. The van der Waals surface area contributed by atoms with E-state index in [1.807, 2.05) is 51.1 Å². The molecule has 1 aliphatic rings. The summed E-state index contributed by atoms with van der Waals surface area (Å²) in [6, 6.07) is 15.0. The van der Waals surface area contributed by atoms with Crippen LogP contribution in [0.1, 0.15) is 31.0 Å². The lowest BCUT2D eigenvalue weighted by atomic mass is 10.1. The fraction of sp³-hybridized carbons (Fsp3) is 0.350. The molecule has 2 aromatic rings. The molecule has 1 amide bonds. The van der Waals surface area contributed by atoms with E-state index in [4.69, 9.17) is 0 Å². The van der Waals surface area contributed by atoms with Gasteiger partial charge in [0.25, 0.3) is 0 Å². The van der Waals surface area contributed by atoms with Gasteiger partial charge in [-0.25, -0.2) is 8.42 Å². The second kappa shape index (κ2) is 7.21. The van der Waals surface area contributed by atoms with Crippen molar-refractivity contribution in [1.29, 1.82) is 0 Å². The number of carbonyl (C=O) groups excluding carboxylic acids is 1. The van der Waals surface area contributed by atoms with Gasteiger partial charge in [-0.15, -0.1) is 0 Å². The number of hydrogen-bond acceptors (Lipinski definition) is 3. The van der Waals surface area contributed by atoms with Crippen molar-refractivity contribution in [3.63, 3.8) is 0 Å². The van der Waals surface area contributed by atoms with Gasteiger partial charge < -0.3 is 4.90 Å². The number of amides is 1. The molecule has 0 N–H and O–H groups in total. The van der Waals surface area contributed by atoms with Gasteiger partial charge in [0.05, 0.1) is 10.9 Å². The minimum atomic E-state index is -3.74. The van der Waals surface area contributed by atoms with E-state index in [2.05, 4.69) is 0 Å². The maximum absolute atomic E-state index is 13.2. The first-order valence-corrected chi connectivity index (χ1v) is 10.3. The molecule has 0 saturated carbocycles. The Bertz CT molecular complexity index is 875.